The van der Waals surface area contributed by atoms with Crippen LogP contribution < -0.4 is 10.6 Å². The van der Waals surface area contributed by atoms with Crippen LogP contribution >= 0.6 is 0 Å². The standard InChI is InChI=1S/C22H28N2O4/c1-3-10-19(24-22(27)28-15-17-11-6-4-7-12-17)20(25)21(26)23-16(2)18-13-8-5-9-14-18/h4-9,11-14,16,19-20,25H,3,10,15H2,1-2H3,(H,23,26)(H,24,27)/t16-,19?,20?/m0/s1. The molecule has 0 aromatic heterocycles. The average molecular weight is 384 g/mol. The summed E-state index contributed by atoms with van der Waals surface area (Å²) in [6.07, 6.45) is -0.877. The van der Waals surface area contributed by atoms with Crippen LogP contribution in [0.25, 0.3) is 0 Å². The molecule has 28 heavy (non-hydrogen) atoms. The number of carbonyl (C=O) groups is 2. The molecule has 2 unspecified atom stereocenters. The van der Waals surface area contributed by atoms with Crippen LogP contribution in [-0.2, 0) is 16.1 Å². The number of benzene rings is 2. The fourth-order valence-corrected chi connectivity index (χ4v) is 2.84. The highest BCUT2D eigenvalue weighted by Gasteiger charge is 2.28. The van der Waals surface area contributed by atoms with E-state index in [2.05, 4.69) is 10.6 Å². The molecule has 6 nitrogen and oxygen atoms in total. The summed E-state index contributed by atoms with van der Waals surface area (Å²) >= 11 is 0. The Morgan fingerprint density at radius 3 is 2.21 bits per heavy atom. The number of aliphatic hydroxyl groups excluding tert-OH is 1. The first-order valence-corrected chi connectivity index (χ1v) is 9.51. The normalized spacial score (nSPS) is 13.8. The average Bonchev–Trinajstić information content (AvgIpc) is 2.72. The van der Waals surface area contributed by atoms with Gasteiger partial charge >= 0.3 is 6.09 Å². The van der Waals surface area contributed by atoms with Gasteiger partial charge in [-0.1, -0.05) is 74.0 Å². The van der Waals surface area contributed by atoms with Crippen LogP contribution in [0.5, 0.6) is 0 Å². The van der Waals surface area contributed by atoms with Crippen LogP contribution in [0.15, 0.2) is 60.7 Å². The first kappa shape index (κ1) is 21.4. The fourth-order valence-electron chi connectivity index (χ4n) is 2.84. The first-order chi connectivity index (χ1) is 13.5. The lowest BCUT2D eigenvalue weighted by molar-refractivity contribution is -0.131. The molecule has 3 N–H and O–H groups in total. The number of nitrogens with one attached hydrogen (secondary N) is 2. The maximum atomic E-state index is 12.5. The van der Waals surface area contributed by atoms with E-state index in [-0.39, 0.29) is 12.6 Å². The Balaban J connectivity index is 1.89. The van der Waals surface area contributed by atoms with Gasteiger partial charge < -0.3 is 20.5 Å². The monoisotopic (exact) mass is 384 g/mol. The topological polar surface area (TPSA) is 87.7 Å². The summed E-state index contributed by atoms with van der Waals surface area (Å²) < 4.78 is 5.19. The van der Waals surface area contributed by atoms with Crippen molar-refractivity contribution in [3.63, 3.8) is 0 Å². The largest absolute Gasteiger partial charge is 0.445 e. The van der Waals surface area contributed by atoms with Gasteiger partial charge in [0, 0.05) is 0 Å². The summed E-state index contributed by atoms with van der Waals surface area (Å²) in [6.45, 7) is 3.89. The predicted molar refractivity (Wildman–Crippen MR) is 107 cm³/mol. The summed E-state index contributed by atoms with van der Waals surface area (Å²) in [5, 5.41) is 15.9. The summed E-state index contributed by atoms with van der Waals surface area (Å²) in [7, 11) is 0. The molecule has 150 valence electrons. The lowest BCUT2D eigenvalue weighted by atomic mass is 10.0. The van der Waals surface area contributed by atoms with Gasteiger partial charge in [-0.25, -0.2) is 4.79 Å². The molecular weight excluding hydrogens is 356 g/mol. The number of hydrogen-bond acceptors (Lipinski definition) is 4. The van der Waals surface area contributed by atoms with Gasteiger partial charge in [0.05, 0.1) is 12.1 Å². The smallest absolute Gasteiger partial charge is 0.407 e. The van der Waals surface area contributed by atoms with Crippen LogP contribution in [0, 0.1) is 0 Å². The Bertz CT molecular complexity index is 737. The number of hydrogen-bond donors (Lipinski definition) is 3. The molecule has 6 heteroatoms. The van der Waals surface area contributed by atoms with E-state index < -0.39 is 24.1 Å². The Morgan fingerprint density at radius 1 is 1.00 bits per heavy atom. The summed E-state index contributed by atoms with van der Waals surface area (Å²) in [5.41, 5.74) is 1.80. The van der Waals surface area contributed by atoms with E-state index in [0.717, 1.165) is 11.1 Å². The van der Waals surface area contributed by atoms with Crippen molar-refractivity contribution < 1.29 is 19.4 Å². The third kappa shape index (κ3) is 6.70. The third-order valence-corrected chi connectivity index (χ3v) is 4.42. The van der Waals surface area contributed by atoms with E-state index in [4.69, 9.17) is 4.74 Å². The van der Waals surface area contributed by atoms with Gasteiger partial charge in [-0.05, 0) is 24.5 Å². The molecule has 0 saturated carbocycles. The van der Waals surface area contributed by atoms with E-state index >= 15 is 0 Å². The maximum absolute atomic E-state index is 12.5. The fraction of sp³-hybridized carbons (Fsp3) is 0.364. The molecule has 2 amide bonds. The molecule has 2 aromatic carbocycles. The van der Waals surface area contributed by atoms with Crippen LogP contribution in [0.4, 0.5) is 4.79 Å². The lowest BCUT2D eigenvalue weighted by Gasteiger charge is -2.24. The summed E-state index contributed by atoms with van der Waals surface area (Å²) in [5.74, 6) is -0.529. The zero-order chi connectivity index (χ0) is 20.4. The first-order valence-electron chi connectivity index (χ1n) is 9.51. The second-order valence-corrected chi connectivity index (χ2v) is 6.69. The number of amides is 2. The van der Waals surface area contributed by atoms with Crippen molar-refractivity contribution in [1.29, 1.82) is 0 Å². The van der Waals surface area contributed by atoms with Gasteiger partial charge in [0.2, 0.25) is 0 Å². The SMILES string of the molecule is CCCC(NC(=O)OCc1ccccc1)C(O)C(=O)N[C@@H](C)c1ccccc1. The minimum atomic E-state index is -1.37. The maximum Gasteiger partial charge on any atom is 0.407 e. The zero-order valence-electron chi connectivity index (χ0n) is 16.3. The van der Waals surface area contributed by atoms with Crippen LogP contribution in [-0.4, -0.2) is 29.3 Å². The molecule has 0 fully saturated rings. The summed E-state index contributed by atoms with van der Waals surface area (Å²) in [6, 6.07) is 17.8. The minimum absolute atomic E-state index is 0.124. The molecule has 2 aromatic rings. The van der Waals surface area contributed by atoms with E-state index in [1.807, 2.05) is 74.5 Å². The van der Waals surface area contributed by atoms with Crippen molar-refractivity contribution in [3.05, 3.63) is 71.8 Å². The highest BCUT2D eigenvalue weighted by molar-refractivity contribution is 5.82. The minimum Gasteiger partial charge on any atom is -0.445 e. The van der Waals surface area contributed by atoms with Crippen LogP contribution in [0.2, 0.25) is 0 Å². The molecule has 0 saturated heterocycles. The van der Waals surface area contributed by atoms with Crippen molar-refractivity contribution in [3.8, 4) is 0 Å². The van der Waals surface area contributed by atoms with Gasteiger partial charge in [0.1, 0.15) is 6.61 Å². The van der Waals surface area contributed by atoms with Crippen molar-refractivity contribution in [1.82, 2.24) is 10.6 Å². The number of ether oxygens (including phenoxy) is 1. The lowest BCUT2D eigenvalue weighted by Crippen LogP contribution is -2.51. The molecule has 2 rings (SSSR count). The van der Waals surface area contributed by atoms with E-state index in [9.17, 15) is 14.7 Å². The van der Waals surface area contributed by atoms with Gasteiger partial charge in [-0.2, -0.15) is 0 Å². The molecule has 0 aliphatic heterocycles. The number of carbonyl (C=O) groups excluding carboxylic acids is 2. The third-order valence-electron chi connectivity index (χ3n) is 4.42. The molecule has 0 spiro atoms. The highest BCUT2D eigenvalue weighted by Crippen LogP contribution is 2.12. The number of aliphatic hydroxyl groups is 1. The molecule has 0 radical (unpaired) electrons. The Hall–Kier alpha value is -2.86. The van der Waals surface area contributed by atoms with Gasteiger partial charge in [0.15, 0.2) is 6.10 Å². The number of alkyl carbamates (subject to hydrolysis) is 1. The van der Waals surface area contributed by atoms with Crippen molar-refractivity contribution in [2.45, 2.75) is 51.5 Å². The van der Waals surface area contributed by atoms with Crippen molar-refractivity contribution in [2.24, 2.45) is 0 Å². The van der Waals surface area contributed by atoms with Gasteiger partial charge in [-0.3, -0.25) is 4.79 Å². The second-order valence-electron chi connectivity index (χ2n) is 6.69. The molecule has 3 atom stereocenters. The van der Waals surface area contributed by atoms with E-state index in [1.54, 1.807) is 0 Å². The highest BCUT2D eigenvalue weighted by atomic mass is 16.5. The van der Waals surface area contributed by atoms with Crippen molar-refractivity contribution in [2.75, 3.05) is 0 Å². The Labute approximate surface area is 165 Å². The predicted octanol–water partition coefficient (Wildman–Crippen LogP) is 3.32. The zero-order valence-corrected chi connectivity index (χ0v) is 16.3. The molecule has 0 aliphatic carbocycles. The van der Waals surface area contributed by atoms with Gasteiger partial charge in [0.25, 0.3) is 5.91 Å². The number of rotatable bonds is 9. The molecule has 0 heterocycles. The quantitative estimate of drug-likeness (QED) is 0.619. The Morgan fingerprint density at radius 2 is 1.61 bits per heavy atom. The summed E-state index contributed by atoms with van der Waals surface area (Å²) in [4.78, 5) is 24.5. The van der Waals surface area contributed by atoms with Crippen LogP contribution in [0.1, 0.15) is 43.9 Å². The van der Waals surface area contributed by atoms with E-state index in [0.29, 0.717) is 12.8 Å². The molecular formula is C22H28N2O4. The second kappa shape index (κ2) is 11.1. The Kier molecular flexibility index (Phi) is 8.49. The van der Waals surface area contributed by atoms with Crippen LogP contribution in [0.3, 0.4) is 0 Å². The molecule has 0 bridgehead atoms. The molecule has 0 aliphatic rings. The van der Waals surface area contributed by atoms with Crippen molar-refractivity contribution >= 4 is 12.0 Å². The van der Waals surface area contributed by atoms with Gasteiger partial charge in [-0.15, -0.1) is 0 Å². The van der Waals surface area contributed by atoms with E-state index in [1.165, 1.54) is 0 Å².